The number of benzene rings is 1. The number of anilines is 1. The van der Waals surface area contributed by atoms with Crippen LogP contribution < -0.4 is 5.32 Å². The van der Waals surface area contributed by atoms with E-state index in [1.807, 2.05) is 0 Å². The van der Waals surface area contributed by atoms with E-state index in [0.717, 1.165) is 18.4 Å². The molecule has 1 aromatic rings. The Bertz CT molecular complexity index is 747. The van der Waals surface area contributed by atoms with E-state index in [1.54, 1.807) is 0 Å². The number of carbonyl (C=O) groups is 1. The standard InChI is InChI=1S/C13H17FN4O5S/c1-24(22,23)17-6-4-16(5-7-17)13(19)9-15-10-2-3-11(14)12(8-10)18(20)21/h2-3,8,15H,4-7,9H2,1H3. The number of nitro benzene ring substituents is 1. The maximum Gasteiger partial charge on any atom is 0.306 e. The summed E-state index contributed by atoms with van der Waals surface area (Å²) in [5.41, 5.74) is -0.416. The largest absolute Gasteiger partial charge is 0.376 e. The number of halogens is 1. The average molecular weight is 360 g/mol. The second kappa shape index (κ2) is 7.09. The number of hydrogen-bond acceptors (Lipinski definition) is 6. The summed E-state index contributed by atoms with van der Waals surface area (Å²) in [7, 11) is -3.27. The lowest BCUT2D eigenvalue weighted by Gasteiger charge is -2.33. The van der Waals surface area contributed by atoms with Crippen molar-refractivity contribution in [3.8, 4) is 0 Å². The number of sulfonamides is 1. The second-order valence-electron chi connectivity index (χ2n) is 5.32. The highest BCUT2D eigenvalue weighted by Gasteiger charge is 2.25. The molecule has 1 saturated heterocycles. The lowest BCUT2D eigenvalue weighted by molar-refractivity contribution is -0.387. The molecule has 0 atom stereocenters. The molecular formula is C13H17FN4O5S. The van der Waals surface area contributed by atoms with Crippen LogP contribution in [0.3, 0.4) is 0 Å². The van der Waals surface area contributed by atoms with Crippen LogP contribution in [-0.4, -0.2) is 67.4 Å². The normalized spacial score (nSPS) is 16.0. The molecule has 0 unspecified atom stereocenters. The van der Waals surface area contributed by atoms with Crippen LogP contribution in [0.25, 0.3) is 0 Å². The number of nitro groups is 1. The van der Waals surface area contributed by atoms with Crippen molar-refractivity contribution in [2.24, 2.45) is 0 Å². The van der Waals surface area contributed by atoms with Gasteiger partial charge in [-0.05, 0) is 12.1 Å². The fourth-order valence-electron chi connectivity index (χ4n) is 2.32. The van der Waals surface area contributed by atoms with E-state index in [-0.39, 0.29) is 44.3 Å². The van der Waals surface area contributed by atoms with Crippen molar-refractivity contribution in [2.75, 3.05) is 44.3 Å². The fraction of sp³-hybridized carbons (Fsp3) is 0.462. The third kappa shape index (κ3) is 4.38. The van der Waals surface area contributed by atoms with Crippen LogP contribution >= 0.6 is 0 Å². The van der Waals surface area contributed by atoms with E-state index >= 15 is 0 Å². The van der Waals surface area contributed by atoms with Gasteiger partial charge in [-0.25, -0.2) is 8.42 Å². The molecule has 0 aromatic heterocycles. The zero-order valence-corrected chi connectivity index (χ0v) is 13.8. The number of rotatable bonds is 5. The first-order valence-corrected chi connectivity index (χ1v) is 8.94. The van der Waals surface area contributed by atoms with Crippen LogP contribution in [0, 0.1) is 15.9 Å². The van der Waals surface area contributed by atoms with Gasteiger partial charge in [0.2, 0.25) is 21.7 Å². The molecule has 11 heteroatoms. The molecule has 1 amide bonds. The van der Waals surface area contributed by atoms with E-state index in [2.05, 4.69) is 5.32 Å². The van der Waals surface area contributed by atoms with Crippen molar-refractivity contribution in [3.05, 3.63) is 34.1 Å². The van der Waals surface area contributed by atoms with Gasteiger partial charge >= 0.3 is 5.69 Å². The molecule has 24 heavy (non-hydrogen) atoms. The Hall–Kier alpha value is -2.27. The highest BCUT2D eigenvalue weighted by atomic mass is 32.2. The SMILES string of the molecule is CS(=O)(=O)N1CCN(C(=O)CNc2ccc(F)c([N+](=O)[O-])c2)CC1. The monoisotopic (exact) mass is 360 g/mol. The Kier molecular flexibility index (Phi) is 5.34. The zero-order chi connectivity index (χ0) is 17.9. The van der Waals surface area contributed by atoms with E-state index < -0.39 is 26.5 Å². The highest BCUT2D eigenvalue weighted by Crippen LogP contribution is 2.21. The van der Waals surface area contributed by atoms with E-state index in [9.17, 15) is 27.7 Å². The fourth-order valence-corrected chi connectivity index (χ4v) is 3.15. The Labute approximate surface area is 138 Å². The number of hydrogen-bond donors (Lipinski definition) is 1. The van der Waals surface area contributed by atoms with Crippen LogP contribution in [0.2, 0.25) is 0 Å². The van der Waals surface area contributed by atoms with Gasteiger partial charge in [-0.15, -0.1) is 0 Å². The Morgan fingerprint density at radius 3 is 2.50 bits per heavy atom. The molecule has 132 valence electrons. The Morgan fingerprint density at radius 1 is 1.33 bits per heavy atom. The number of amides is 1. The van der Waals surface area contributed by atoms with Crippen molar-refractivity contribution >= 4 is 27.3 Å². The second-order valence-corrected chi connectivity index (χ2v) is 7.30. The molecule has 0 spiro atoms. The topological polar surface area (TPSA) is 113 Å². The van der Waals surface area contributed by atoms with Gasteiger partial charge in [0.25, 0.3) is 0 Å². The third-order valence-electron chi connectivity index (χ3n) is 3.65. The average Bonchev–Trinajstić information content (AvgIpc) is 2.52. The van der Waals surface area contributed by atoms with Gasteiger partial charge in [0, 0.05) is 37.9 Å². The van der Waals surface area contributed by atoms with E-state index in [1.165, 1.54) is 15.3 Å². The van der Waals surface area contributed by atoms with Gasteiger partial charge in [-0.2, -0.15) is 8.70 Å². The minimum atomic E-state index is -3.27. The molecule has 9 nitrogen and oxygen atoms in total. The number of carbonyl (C=O) groups excluding carboxylic acids is 1. The smallest absolute Gasteiger partial charge is 0.306 e. The molecule has 1 aromatic carbocycles. The predicted octanol–water partition coefficient (Wildman–Crippen LogP) is 0.250. The van der Waals surface area contributed by atoms with Crippen LogP contribution in [0.15, 0.2) is 18.2 Å². The Balaban J connectivity index is 1.90. The van der Waals surface area contributed by atoms with Gasteiger partial charge in [0.15, 0.2) is 0 Å². The van der Waals surface area contributed by atoms with Gasteiger partial charge in [-0.3, -0.25) is 14.9 Å². The van der Waals surface area contributed by atoms with E-state index in [4.69, 9.17) is 0 Å². The summed E-state index contributed by atoms with van der Waals surface area (Å²) in [5, 5.41) is 13.4. The van der Waals surface area contributed by atoms with Crippen molar-refractivity contribution in [3.63, 3.8) is 0 Å². The molecule has 0 radical (unpaired) electrons. The highest BCUT2D eigenvalue weighted by molar-refractivity contribution is 7.88. The van der Waals surface area contributed by atoms with Gasteiger partial charge < -0.3 is 10.2 Å². The third-order valence-corrected chi connectivity index (χ3v) is 4.95. The lowest BCUT2D eigenvalue weighted by atomic mass is 10.2. The maximum atomic E-state index is 13.2. The predicted molar refractivity (Wildman–Crippen MR) is 84.5 cm³/mol. The first kappa shape index (κ1) is 18.1. The summed E-state index contributed by atoms with van der Waals surface area (Å²) in [6.45, 7) is 0.884. The van der Waals surface area contributed by atoms with Crippen molar-refractivity contribution < 1.29 is 22.5 Å². The number of nitrogens with one attached hydrogen (secondary N) is 1. The minimum Gasteiger partial charge on any atom is -0.376 e. The zero-order valence-electron chi connectivity index (χ0n) is 12.9. The molecule has 0 bridgehead atoms. The lowest BCUT2D eigenvalue weighted by Crippen LogP contribution is -2.51. The van der Waals surface area contributed by atoms with Crippen LogP contribution in [-0.2, 0) is 14.8 Å². The first-order valence-electron chi connectivity index (χ1n) is 7.09. The van der Waals surface area contributed by atoms with Crippen LogP contribution in [0.1, 0.15) is 0 Å². The van der Waals surface area contributed by atoms with Gasteiger partial charge in [-0.1, -0.05) is 0 Å². The Morgan fingerprint density at radius 2 is 1.96 bits per heavy atom. The van der Waals surface area contributed by atoms with Crippen molar-refractivity contribution in [1.29, 1.82) is 0 Å². The van der Waals surface area contributed by atoms with E-state index in [0.29, 0.717) is 0 Å². The molecule has 1 heterocycles. The van der Waals surface area contributed by atoms with Gasteiger partial charge in [0.1, 0.15) is 0 Å². The first-order chi connectivity index (χ1) is 11.2. The van der Waals surface area contributed by atoms with Crippen molar-refractivity contribution in [2.45, 2.75) is 0 Å². The van der Waals surface area contributed by atoms with Crippen LogP contribution in [0.4, 0.5) is 15.8 Å². The summed E-state index contributed by atoms with van der Waals surface area (Å²) in [6.07, 6.45) is 1.12. The number of nitrogens with zero attached hydrogens (tertiary/aromatic N) is 3. The molecule has 2 rings (SSSR count). The molecule has 1 N–H and O–H groups in total. The van der Waals surface area contributed by atoms with Crippen LogP contribution in [0.5, 0.6) is 0 Å². The summed E-state index contributed by atoms with van der Waals surface area (Å²) in [6, 6.07) is 3.28. The molecular weight excluding hydrogens is 343 g/mol. The molecule has 1 fully saturated rings. The molecule has 0 aliphatic carbocycles. The minimum absolute atomic E-state index is 0.123. The quantitative estimate of drug-likeness (QED) is 0.595. The summed E-state index contributed by atoms with van der Waals surface area (Å²) in [4.78, 5) is 23.4. The summed E-state index contributed by atoms with van der Waals surface area (Å²) in [5.74, 6) is -1.22. The molecule has 1 aliphatic heterocycles. The van der Waals surface area contributed by atoms with Gasteiger partial charge in [0.05, 0.1) is 17.7 Å². The van der Waals surface area contributed by atoms with Crippen molar-refractivity contribution in [1.82, 2.24) is 9.21 Å². The number of piperazine rings is 1. The summed E-state index contributed by atoms with van der Waals surface area (Å²) < 4.78 is 37.4. The molecule has 1 aliphatic rings. The maximum absolute atomic E-state index is 13.2. The molecule has 0 saturated carbocycles. The summed E-state index contributed by atoms with van der Waals surface area (Å²) >= 11 is 0.